The number of fused-ring (bicyclic) bond motifs is 1. The van der Waals surface area contributed by atoms with Crippen molar-refractivity contribution in [1.29, 1.82) is 0 Å². The molecule has 74 valence electrons. The summed E-state index contributed by atoms with van der Waals surface area (Å²) in [7, 11) is 0. The van der Waals surface area contributed by atoms with Crippen LogP contribution >= 0.6 is 11.6 Å². The molecule has 0 bridgehead atoms. The van der Waals surface area contributed by atoms with Gasteiger partial charge in [-0.3, -0.25) is 0 Å². The van der Waals surface area contributed by atoms with E-state index in [4.69, 9.17) is 17.1 Å². The minimum absolute atomic E-state index is 0.303. The van der Waals surface area contributed by atoms with E-state index < -0.39 is 18.0 Å². The highest BCUT2D eigenvalue weighted by Crippen LogP contribution is 2.39. The molecule has 0 unspecified atom stereocenters. The topological polar surface area (TPSA) is 58.2 Å². The van der Waals surface area contributed by atoms with E-state index in [0.29, 0.717) is 22.6 Å². The Kier molecular flexibility index (Phi) is 2.25. The van der Waals surface area contributed by atoms with E-state index in [0.717, 1.165) is 0 Å². The van der Waals surface area contributed by atoms with Crippen LogP contribution in [-0.4, -0.2) is 11.2 Å². The number of hydrogen-bond acceptors (Lipinski definition) is 2. The van der Waals surface area contributed by atoms with Gasteiger partial charge in [-0.15, -0.1) is 0 Å². The molecule has 0 saturated carbocycles. The van der Waals surface area contributed by atoms with E-state index in [1.807, 2.05) is 0 Å². The lowest BCUT2D eigenvalue weighted by molar-refractivity contribution is -0.233. The summed E-state index contributed by atoms with van der Waals surface area (Å²) in [6.45, 7) is 0. The van der Waals surface area contributed by atoms with Crippen LogP contribution < -0.4 is 5.53 Å². The molecular weight excluding hydrogens is 207 g/mol. The van der Waals surface area contributed by atoms with Gasteiger partial charge in [0.2, 0.25) is 0 Å². The predicted octanol–water partition coefficient (Wildman–Crippen LogP) is 0.649. The van der Waals surface area contributed by atoms with Crippen LogP contribution in [0.25, 0.3) is 0 Å². The fourth-order valence-electron chi connectivity index (χ4n) is 1.82. The first-order valence-electron chi connectivity index (χ1n) is 4.20. The minimum atomic E-state index is -0.774. The van der Waals surface area contributed by atoms with Crippen molar-refractivity contribution in [1.82, 2.24) is 0 Å². The first-order valence-corrected chi connectivity index (χ1v) is 4.58. The highest BCUT2D eigenvalue weighted by atomic mass is 35.5. The number of halogens is 2. The molecule has 0 fully saturated rings. The van der Waals surface area contributed by atoms with Crippen molar-refractivity contribution in [2.75, 3.05) is 0 Å². The normalized spacial score (nSPS) is 24.8. The van der Waals surface area contributed by atoms with Crippen molar-refractivity contribution in [2.24, 2.45) is 5.11 Å². The maximum absolute atomic E-state index is 13.4. The summed E-state index contributed by atoms with van der Waals surface area (Å²) in [6.07, 6.45) is -0.471. The Hall–Kier alpha value is -1.00. The zero-order chi connectivity index (χ0) is 10.3. The SMILES string of the molecule is [NH2+]=N[C@@H]1c2c(F)ccc(Cl)c2C[C@H]1O. The Labute approximate surface area is 85.0 Å². The number of benzene rings is 1. The van der Waals surface area contributed by atoms with Crippen LogP contribution in [0.2, 0.25) is 5.02 Å². The van der Waals surface area contributed by atoms with Crippen molar-refractivity contribution in [3.63, 3.8) is 0 Å². The lowest BCUT2D eigenvalue weighted by atomic mass is 10.1. The van der Waals surface area contributed by atoms with Gasteiger partial charge in [0.15, 0.2) is 6.04 Å². The molecule has 0 aliphatic heterocycles. The van der Waals surface area contributed by atoms with Gasteiger partial charge in [-0.2, -0.15) is 5.53 Å². The van der Waals surface area contributed by atoms with Gasteiger partial charge in [0.05, 0.1) is 6.10 Å². The molecule has 1 aromatic carbocycles. The number of nitrogens with two attached hydrogens (primary N) is 1. The third kappa shape index (κ3) is 1.22. The second kappa shape index (κ2) is 3.29. The predicted molar refractivity (Wildman–Crippen MR) is 48.2 cm³/mol. The molecule has 5 heteroatoms. The molecule has 0 amide bonds. The fourth-order valence-corrected chi connectivity index (χ4v) is 2.07. The molecule has 2 atom stereocenters. The van der Waals surface area contributed by atoms with E-state index in [-0.39, 0.29) is 0 Å². The zero-order valence-corrected chi connectivity index (χ0v) is 8.00. The average molecular weight is 216 g/mol. The van der Waals surface area contributed by atoms with Crippen LogP contribution in [0.3, 0.4) is 0 Å². The van der Waals surface area contributed by atoms with E-state index in [1.165, 1.54) is 12.1 Å². The summed E-state index contributed by atoms with van der Waals surface area (Å²) in [5, 5.41) is 13.5. The summed E-state index contributed by atoms with van der Waals surface area (Å²) in [4.78, 5) is 0. The molecule has 0 aromatic heterocycles. The van der Waals surface area contributed by atoms with Crippen LogP contribution in [0, 0.1) is 5.82 Å². The van der Waals surface area contributed by atoms with Gasteiger partial charge in [-0.25, -0.2) is 4.39 Å². The zero-order valence-electron chi connectivity index (χ0n) is 7.24. The highest BCUT2D eigenvalue weighted by molar-refractivity contribution is 6.31. The first kappa shape index (κ1) is 9.55. The van der Waals surface area contributed by atoms with Gasteiger partial charge >= 0.3 is 0 Å². The van der Waals surface area contributed by atoms with Crippen LogP contribution in [0.15, 0.2) is 17.2 Å². The minimum Gasteiger partial charge on any atom is -0.390 e. The number of aliphatic hydroxyl groups is 1. The van der Waals surface area contributed by atoms with Crippen LogP contribution in [0.1, 0.15) is 17.2 Å². The molecular formula is C9H9ClFN2O+. The molecule has 2 rings (SSSR count). The van der Waals surface area contributed by atoms with Crippen molar-refractivity contribution < 1.29 is 15.0 Å². The molecule has 3 N–H and O–H groups in total. The molecule has 1 aliphatic rings. The van der Waals surface area contributed by atoms with Crippen LogP contribution in [-0.2, 0) is 6.42 Å². The third-order valence-electron chi connectivity index (χ3n) is 2.48. The summed E-state index contributed by atoms with van der Waals surface area (Å²) in [5.74, 6) is -0.417. The summed E-state index contributed by atoms with van der Waals surface area (Å²) >= 11 is 5.87. The van der Waals surface area contributed by atoms with Crippen LogP contribution in [0.4, 0.5) is 4.39 Å². The largest absolute Gasteiger partial charge is 0.390 e. The molecule has 14 heavy (non-hydrogen) atoms. The molecule has 1 aliphatic carbocycles. The molecule has 0 saturated heterocycles. The number of nitrogens with zero attached hydrogens (tertiary/aromatic N) is 1. The number of hydrogen-bond donors (Lipinski definition) is 2. The molecule has 3 nitrogen and oxygen atoms in total. The fraction of sp³-hybridized carbons (Fsp3) is 0.333. The van der Waals surface area contributed by atoms with Crippen molar-refractivity contribution in [3.8, 4) is 0 Å². The Balaban J connectivity index is 2.62. The molecule has 1 aromatic rings. The van der Waals surface area contributed by atoms with Gasteiger partial charge in [-0.05, 0) is 22.8 Å². The van der Waals surface area contributed by atoms with Crippen molar-refractivity contribution >= 4 is 11.6 Å². The van der Waals surface area contributed by atoms with Gasteiger partial charge in [0, 0.05) is 17.0 Å². The maximum atomic E-state index is 13.4. The van der Waals surface area contributed by atoms with E-state index in [1.54, 1.807) is 0 Å². The Morgan fingerprint density at radius 3 is 2.93 bits per heavy atom. The molecule has 0 heterocycles. The Bertz CT molecular complexity index is 397. The van der Waals surface area contributed by atoms with Gasteiger partial charge < -0.3 is 5.11 Å². The van der Waals surface area contributed by atoms with Gasteiger partial charge in [0.1, 0.15) is 5.82 Å². The summed E-state index contributed by atoms with van der Waals surface area (Å²) in [6, 6.07) is 2.04. The first-order chi connectivity index (χ1) is 6.65. The van der Waals surface area contributed by atoms with Gasteiger partial charge in [0.25, 0.3) is 0 Å². The van der Waals surface area contributed by atoms with E-state index in [9.17, 15) is 9.50 Å². The molecule has 0 radical (unpaired) electrons. The summed E-state index contributed by atoms with van der Waals surface area (Å²) < 4.78 is 13.4. The smallest absolute Gasteiger partial charge is 0.166 e. The third-order valence-corrected chi connectivity index (χ3v) is 2.83. The number of aliphatic hydroxyl groups excluding tert-OH is 1. The second-order valence-electron chi connectivity index (χ2n) is 3.29. The monoisotopic (exact) mass is 215 g/mol. The Morgan fingerprint density at radius 1 is 1.57 bits per heavy atom. The van der Waals surface area contributed by atoms with Crippen molar-refractivity contribution in [2.45, 2.75) is 18.6 Å². The van der Waals surface area contributed by atoms with E-state index in [2.05, 4.69) is 5.11 Å². The average Bonchev–Trinajstić information content (AvgIpc) is 2.50. The Morgan fingerprint density at radius 2 is 2.29 bits per heavy atom. The maximum Gasteiger partial charge on any atom is 0.166 e. The highest BCUT2D eigenvalue weighted by Gasteiger charge is 2.36. The lowest BCUT2D eigenvalue weighted by Gasteiger charge is -2.05. The van der Waals surface area contributed by atoms with E-state index >= 15 is 0 Å². The second-order valence-corrected chi connectivity index (χ2v) is 3.69. The lowest BCUT2D eigenvalue weighted by Crippen LogP contribution is -2.28. The van der Waals surface area contributed by atoms with Crippen molar-refractivity contribution in [3.05, 3.63) is 34.1 Å². The standard InChI is InChI=1S/C9H8ClFN2O/c10-5-1-2-6(11)8-4(5)3-7(14)9(8)13-12/h1-2,7,9,12,14H,3H2/p+1/t7-,9+/m1/s1. The summed E-state index contributed by atoms with van der Waals surface area (Å²) in [5.41, 5.74) is 6.05. The van der Waals surface area contributed by atoms with Crippen LogP contribution in [0.5, 0.6) is 0 Å². The molecule has 0 spiro atoms. The quantitative estimate of drug-likeness (QED) is 0.664. The van der Waals surface area contributed by atoms with Gasteiger partial charge in [-0.1, -0.05) is 11.6 Å². The number of rotatable bonds is 1.